The van der Waals surface area contributed by atoms with Crippen LogP contribution in [0.4, 0.5) is 0 Å². The summed E-state index contributed by atoms with van der Waals surface area (Å²) in [6.07, 6.45) is 2.91. The zero-order chi connectivity index (χ0) is 19.0. The van der Waals surface area contributed by atoms with Crippen LogP contribution in [-0.2, 0) is 6.54 Å². The molecule has 6 heteroatoms. The molecule has 27 heavy (non-hydrogen) atoms. The van der Waals surface area contributed by atoms with Gasteiger partial charge in [0.1, 0.15) is 11.7 Å². The lowest BCUT2D eigenvalue weighted by molar-refractivity contribution is 0.0970. The van der Waals surface area contributed by atoms with E-state index in [0.29, 0.717) is 16.6 Å². The summed E-state index contributed by atoms with van der Waals surface area (Å²) in [6.45, 7) is 3.97. The molecule has 0 unspecified atom stereocenters. The molecule has 0 N–H and O–H groups in total. The summed E-state index contributed by atoms with van der Waals surface area (Å²) in [5.41, 5.74) is 3.84. The number of ketones is 1. The van der Waals surface area contributed by atoms with Crippen LogP contribution in [0, 0.1) is 13.8 Å². The lowest BCUT2D eigenvalue weighted by Crippen LogP contribution is -2.24. The number of carbonyl (C=O) groups is 1. The molecule has 134 valence electrons. The van der Waals surface area contributed by atoms with Crippen LogP contribution in [0.25, 0.3) is 16.7 Å². The van der Waals surface area contributed by atoms with Crippen LogP contribution in [0.5, 0.6) is 0 Å². The van der Waals surface area contributed by atoms with E-state index in [-0.39, 0.29) is 17.9 Å². The van der Waals surface area contributed by atoms with Crippen molar-refractivity contribution in [1.29, 1.82) is 0 Å². The van der Waals surface area contributed by atoms with E-state index < -0.39 is 0 Å². The number of fused-ring (bicyclic) bond motifs is 1. The molecule has 0 spiro atoms. The van der Waals surface area contributed by atoms with Gasteiger partial charge in [-0.25, -0.2) is 9.67 Å². The van der Waals surface area contributed by atoms with Gasteiger partial charge in [-0.2, -0.15) is 5.10 Å². The fourth-order valence-corrected chi connectivity index (χ4v) is 3.19. The second-order valence-corrected chi connectivity index (χ2v) is 6.61. The van der Waals surface area contributed by atoms with E-state index >= 15 is 0 Å². The Hall–Kier alpha value is -3.54. The van der Waals surface area contributed by atoms with Gasteiger partial charge in [-0.1, -0.05) is 36.4 Å². The molecule has 6 nitrogen and oxygen atoms in total. The lowest BCUT2D eigenvalue weighted by atomic mass is 10.1. The Morgan fingerprint density at radius 1 is 1.04 bits per heavy atom. The Kier molecular flexibility index (Phi) is 4.16. The van der Waals surface area contributed by atoms with Crippen LogP contribution < -0.4 is 5.56 Å². The minimum Gasteiger partial charge on any atom is -0.292 e. The minimum atomic E-state index is -0.278. The number of Topliss-reactive ketones (excluding diaryl/α,β-unsaturated/α-hetero) is 1. The van der Waals surface area contributed by atoms with Crippen molar-refractivity contribution < 1.29 is 4.79 Å². The second-order valence-electron chi connectivity index (χ2n) is 6.61. The fourth-order valence-electron chi connectivity index (χ4n) is 3.19. The van der Waals surface area contributed by atoms with Gasteiger partial charge in [-0.3, -0.25) is 14.2 Å². The molecule has 0 saturated carbocycles. The van der Waals surface area contributed by atoms with Crippen LogP contribution >= 0.6 is 0 Å². The number of nitrogens with zero attached hydrogens (tertiary/aromatic N) is 4. The summed E-state index contributed by atoms with van der Waals surface area (Å²) in [6, 6.07) is 15.0. The fraction of sp³-hybridized carbons (Fsp3) is 0.143. The van der Waals surface area contributed by atoms with Gasteiger partial charge >= 0.3 is 0 Å². The number of benzene rings is 2. The highest BCUT2D eigenvalue weighted by atomic mass is 16.1. The molecular formula is C21H18N4O2. The zero-order valence-corrected chi connectivity index (χ0v) is 15.1. The molecule has 0 amide bonds. The number of hydrogen-bond acceptors (Lipinski definition) is 4. The molecule has 2 aromatic heterocycles. The van der Waals surface area contributed by atoms with Crippen molar-refractivity contribution in [2.75, 3.05) is 0 Å². The van der Waals surface area contributed by atoms with Gasteiger partial charge in [0.05, 0.1) is 18.4 Å². The number of aromatic nitrogens is 4. The van der Waals surface area contributed by atoms with E-state index in [0.717, 1.165) is 16.8 Å². The summed E-state index contributed by atoms with van der Waals surface area (Å²) < 4.78 is 2.98. The van der Waals surface area contributed by atoms with Crippen molar-refractivity contribution >= 4 is 16.8 Å². The molecule has 0 fully saturated rings. The van der Waals surface area contributed by atoms with Crippen molar-refractivity contribution in [2.45, 2.75) is 20.4 Å². The molecule has 0 aliphatic heterocycles. The van der Waals surface area contributed by atoms with Crippen molar-refractivity contribution in [3.05, 3.63) is 88.1 Å². The molecule has 0 aliphatic carbocycles. The Morgan fingerprint density at radius 3 is 2.44 bits per heavy atom. The van der Waals surface area contributed by atoms with Crippen molar-refractivity contribution in [2.24, 2.45) is 0 Å². The van der Waals surface area contributed by atoms with Crippen molar-refractivity contribution in [3.63, 3.8) is 0 Å². The summed E-state index contributed by atoms with van der Waals surface area (Å²) in [5, 5.41) is 4.73. The Morgan fingerprint density at radius 2 is 1.74 bits per heavy atom. The molecular weight excluding hydrogens is 340 g/mol. The van der Waals surface area contributed by atoms with Gasteiger partial charge in [0.25, 0.3) is 5.56 Å². The van der Waals surface area contributed by atoms with Crippen LogP contribution in [-0.4, -0.2) is 25.1 Å². The SMILES string of the molecule is Cc1cc(C)cc(-n2ncc3c(=O)n(CC(=O)c4ccccc4)cnc32)c1. The van der Waals surface area contributed by atoms with Gasteiger partial charge in [0.15, 0.2) is 11.4 Å². The average Bonchev–Trinajstić information content (AvgIpc) is 3.09. The molecule has 0 radical (unpaired) electrons. The summed E-state index contributed by atoms with van der Waals surface area (Å²) in [7, 11) is 0. The maximum Gasteiger partial charge on any atom is 0.264 e. The quantitative estimate of drug-likeness (QED) is 0.526. The van der Waals surface area contributed by atoms with E-state index in [4.69, 9.17) is 0 Å². The van der Waals surface area contributed by atoms with E-state index in [1.165, 1.54) is 17.1 Å². The van der Waals surface area contributed by atoms with Gasteiger partial charge < -0.3 is 0 Å². The minimum absolute atomic E-state index is 0.0550. The van der Waals surface area contributed by atoms with Crippen LogP contribution in [0.3, 0.4) is 0 Å². The van der Waals surface area contributed by atoms with E-state index in [1.54, 1.807) is 28.9 Å². The Bertz CT molecular complexity index is 1190. The Balaban J connectivity index is 1.74. The van der Waals surface area contributed by atoms with E-state index in [1.807, 2.05) is 32.0 Å². The monoisotopic (exact) mass is 358 g/mol. The Labute approximate surface area is 155 Å². The standard InChI is InChI=1S/C21H18N4O2/c1-14-8-15(2)10-17(9-14)25-20-18(11-23-25)21(27)24(13-22-20)12-19(26)16-6-4-3-5-7-16/h3-11,13H,12H2,1-2H3. The van der Waals surface area contributed by atoms with E-state index in [2.05, 4.69) is 16.1 Å². The second kappa shape index (κ2) is 6.64. The van der Waals surface area contributed by atoms with Crippen LogP contribution in [0.2, 0.25) is 0 Å². The zero-order valence-electron chi connectivity index (χ0n) is 15.1. The number of rotatable bonds is 4. The number of aryl methyl sites for hydroxylation is 2. The normalized spacial score (nSPS) is 11.0. The highest BCUT2D eigenvalue weighted by Gasteiger charge is 2.14. The predicted octanol–water partition coefficient (Wildman–Crippen LogP) is 3.08. The maximum atomic E-state index is 12.8. The molecule has 4 aromatic rings. The molecule has 0 atom stereocenters. The summed E-state index contributed by atoms with van der Waals surface area (Å²) in [4.78, 5) is 29.6. The average molecular weight is 358 g/mol. The van der Waals surface area contributed by atoms with Crippen molar-refractivity contribution in [1.82, 2.24) is 19.3 Å². The first-order valence-corrected chi connectivity index (χ1v) is 8.63. The first-order chi connectivity index (χ1) is 13.0. The molecule has 2 heterocycles. The van der Waals surface area contributed by atoms with Gasteiger partial charge in [0.2, 0.25) is 0 Å². The maximum absolute atomic E-state index is 12.8. The third kappa shape index (κ3) is 3.17. The third-order valence-corrected chi connectivity index (χ3v) is 4.42. The summed E-state index contributed by atoms with van der Waals surface area (Å²) >= 11 is 0. The molecule has 0 bridgehead atoms. The summed E-state index contributed by atoms with van der Waals surface area (Å²) in [5.74, 6) is -0.138. The highest BCUT2D eigenvalue weighted by Crippen LogP contribution is 2.17. The van der Waals surface area contributed by atoms with Crippen LogP contribution in [0.1, 0.15) is 21.5 Å². The lowest BCUT2D eigenvalue weighted by Gasteiger charge is -2.07. The highest BCUT2D eigenvalue weighted by molar-refractivity contribution is 5.95. The third-order valence-electron chi connectivity index (χ3n) is 4.42. The molecule has 2 aromatic carbocycles. The molecule has 0 aliphatic rings. The molecule has 4 rings (SSSR count). The topological polar surface area (TPSA) is 69.8 Å². The number of carbonyl (C=O) groups excluding carboxylic acids is 1. The first-order valence-electron chi connectivity index (χ1n) is 8.63. The van der Waals surface area contributed by atoms with Gasteiger partial charge in [-0.15, -0.1) is 0 Å². The first kappa shape index (κ1) is 16.9. The largest absolute Gasteiger partial charge is 0.292 e. The predicted molar refractivity (Wildman–Crippen MR) is 103 cm³/mol. The van der Waals surface area contributed by atoms with Crippen molar-refractivity contribution in [3.8, 4) is 5.69 Å². The molecule has 0 saturated heterocycles. The van der Waals surface area contributed by atoms with E-state index in [9.17, 15) is 9.59 Å². The van der Waals surface area contributed by atoms with Gasteiger partial charge in [-0.05, 0) is 37.1 Å². The number of hydrogen-bond donors (Lipinski definition) is 0. The smallest absolute Gasteiger partial charge is 0.264 e. The van der Waals surface area contributed by atoms with Crippen LogP contribution in [0.15, 0.2) is 65.8 Å². The van der Waals surface area contributed by atoms with Gasteiger partial charge in [0, 0.05) is 5.56 Å².